The van der Waals surface area contributed by atoms with Crippen molar-refractivity contribution in [3.8, 4) is 11.4 Å². The highest BCUT2D eigenvalue weighted by molar-refractivity contribution is 5.49. The first-order valence-electron chi connectivity index (χ1n) is 9.24. The summed E-state index contributed by atoms with van der Waals surface area (Å²) in [4.78, 5) is 2.25. The molecule has 0 amide bonds. The third kappa shape index (κ3) is 4.15. The minimum absolute atomic E-state index is 0.0521. The maximum atomic E-state index is 9.43. The number of anilines is 1. The number of benzene rings is 2. The lowest BCUT2D eigenvalue weighted by atomic mass is 10.0. The highest BCUT2D eigenvalue weighted by Gasteiger charge is 2.20. The monoisotopic (exact) mass is 364 g/mol. The number of aromatic hydroxyl groups is 1. The Balaban J connectivity index is 1.50. The Morgan fingerprint density at radius 1 is 1.00 bits per heavy atom. The van der Waals surface area contributed by atoms with Gasteiger partial charge in [-0.1, -0.05) is 24.3 Å². The second-order valence-corrected chi connectivity index (χ2v) is 6.91. The highest BCUT2D eigenvalue weighted by Crippen LogP contribution is 2.22. The van der Waals surface area contributed by atoms with Gasteiger partial charge >= 0.3 is 0 Å². The first kappa shape index (κ1) is 17.6. The quantitative estimate of drug-likeness (QED) is 0.731. The minimum atomic E-state index is -0.115. The zero-order valence-electron chi connectivity index (χ0n) is 15.2. The van der Waals surface area contributed by atoms with Gasteiger partial charge < -0.3 is 24.4 Å². The van der Waals surface area contributed by atoms with E-state index in [1.807, 2.05) is 12.1 Å². The van der Waals surface area contributed by atoms with Gasteiger partial charge in [-0.2, -0.15) is 0 Å². The molecule has 5 nitrogen and oxygen atoms in total. The second kappa shape index (κ2) is 7.86. The summed E-state index contributed by atoms with van der Waals surface area (Å²) in [5.41, 5.74) is 4.65. The third-order valence-corrected chi connectivity index (χ3v) is 4.94. The van der Waals surface area contributed by atoms with E-state index in [-0.39, 0.29) is 12.7 Å². The van der Waals surface area contributed by atoms with Crippen LogP contribution in [0.1, 0.15) is 11.1 Å². The smallest absolute Gasteiger partial charge is 0.115 e. The number of hydrogen-bond donors (Lipinski definition) is 2. The SMILES string of the molecule is OC[C@@H]1CN(c2ccn(-c3cccc(Cc4ccc(O)cc4)c3)c2)CCO1. The molecular weight excluding hydrogens is 340 g/mol. The number of aliphatic hydroxyl groups is 1. The minimum Gasteiger partial charge on any atom is -0.508 e. The zero-order chi connectivity index (χ0) is 18.6. The van der Waals surface area contributed by atoms with E-state index in [0.717, 1.165) is 24.3 Å². The summed E-state index contributed by atoms with van der Waals surface area (Å²) < 4.78 is 7.66. The van der Waals surface area contributed by atoms with Crippen molar-refractivity contribution >= 4 is 5.69 Å². The largest absolute Gasteiger partial charge is 0.508 e. The average molecular weight is 364 g/mol. The fourth-order valence-electron chi connectivity index (χ4n) is 3.47. The highest BCUT2D eigenvalue weighted by atomic mass is 16.5. The van der Waals surface area contributed by atoms with Gasteiger partial charge in [-0.15, -0.1) is 0 Å². The molecule has 1 aromatic heterocycles. The van der Waals surface area contributed by atoms with Gasteiger partial charge in [0.05, 0.1) is 25.0 Å². The van der Waals surface area contributed by atoms with Gasteiger partial charge in [0.15, 0.2) is 0 Å². The van der Waals surface area contributed by atoms with Crippen LogP contribution in [-0.4, -0.2) is 47.2 Å². The molecule has 0 aliphatic carbocycles. The van der Waals surface area contributed by atoms with E-state index in [2.05, 4.69) is 52.2 Å². The zero-order valence-corrected chi connectivity index (χ0v) is 15.2. The van der Waals surface area contributed by atoms with Crippen LogP contribution in [0.4, 0.5) is 5.69 Å². The lowest BCUT2D eigenvalue weighted by Gasteiger charge is -2.32. The van der Waals surface area contributed by atoms with E-state index in [0.29, 0.717) is 18.9 Å². The topological polar surface area (TPSA) is 57.9 Å². The van der Waals surface area contributed by atoms with Crippen LogP contribution in [0.2, 0.25) is 0 Å². The number of morpholine rings is 1. The van der Waals surface area contributed by atoms with Crippen molar-refractivity contribution in [2.24, 2.45) is 0 Å². The Labute approximate surface area is 159 Å². The number of nitrogens with zero attached hydrogens (tertiary/aromatic N) is 2. The summed E-state index contributed by atoms with van der Waals surface area (Å²) in [7, 11) is 0. The molecule has 140 valence electrons. The molecule has 1 aliphatic rings. The molecule has 1 saturated heterocycles. The Kier molecular flexibility index (Phi) is 5.14. The number of ether oxygens (including phenoxy) is 1. The van der Waals surface area contributed by atoms with Gasteiger partial charge in [0, 0.05) is 31.2 Å². The van der Waals surface area contributed by atoms with Crippen LogP contribution in [-0.2, 0) is 11.2 Å². The van der Waals surface area contributed by atoms with Crippen molar-refractivity contribution in [1.82, 2.24) is 4.57 Å². The molecule has 3 aromatic rings. The van der Waals surface area contributed by atoms with Gasteiger partial charge in [-0.05, 0) is 47.9 Å². The third-order valence-electron chi connectivity index (χ3n) is 4.94. The lowest BCUT2D eigenvalue weighted by molar-refractivity contribution is 0.00357. The van der Waals surface area contributed by atoms with E-state index in [1.54, 1.807) is 12.1 Å². The van der Waals surface area contributed by atoms with E-state index < -0.39 is 0 Å². The summed E-state index contributed by atoms with van der Waals surface area (Å²) in [6.07, 6.45) is 4.90. The molecule has 1 aliphatic heterocycles. The van der Waals surface area contributed by atoms with Crippen LogP contribution in [0.15, 0.2) is 67.0 Å². The van der Waals surface area contributed by atoms with Crippen LogP contribution in [0.25, 0.3) is 5.69 Å². The van der Waals surface area contributed by atoms with Crippen LogP contribution in [0.3, 0.4) is 0 Å². The van der Waals surface area contributed by atoms with Crippen molar-refractivity contribution in [1.29, 1.82) is 0 Å². The van der Waals surface area contributed by atoms with Gasteiger partial charge in [0.2, 0.25) is 0 Å². The molecule has 0 spiro atoms. The van der Waals surface area contributed by atoms with E-state index in [9.17, 15) is 10.2 Å². The first-order chi connectivity index (χ1) is 13.2. The molecule has 0 saturated carbocycles. The molecule has 1 atom stereocenters. The van der Waals surface area contributed by atoms with Crippen molar-refractivity contribution < 1.29 is 14.9 Å². The average Bonchev–Trinajstić information content (AvgIpc) is 3.20. The predicted octanol–water partition coefficient (Wildman–Crippen LogP) is 2.97. The molecule has 0 bridgehead atoms. The predicted molar refractivity (Wildman–Crippen MR) is 106 cm³/mol. The fraction of sp³-hybridized carbons (Fsp3) is 0.273. The molecule has 0 unspecified atom stereocenters. The van der Waals surface area contributed by atoms with Crippen LogP contribution < -0.4 is 4.90 Å². The number of phenolic OH excluding ortho intramolecular Hbond substituents is 1. The van der Waals surface area contributed by atoms with E-state index in [4.69, 9.17) is 4.74 Å². The van der Waals surface area contributed by atoms with Crippen molar-refractivity contribution in [3.63, 3.8) is 0 Å². The summed E-state index contributed by atoms with van der Waals surface area (Å²) in [5, 5.41) is 18.8. The van der Waals surface area contributed by atoms with Crippen LogP contribution in [0, 0.1) is 0 Å². The van der Waals surface area contributed by atoms with E-state index in [1.165, 1.54) is 11.1 Å². The fourth-order valence-corrected chi connectivity index (χ4v) is 3.47. The Bertz CT molecular complexity index is 889. The Morgan fingerprint density at radius 2 is 1.85 bits per heavy atom. The van der Waals surface area contributed by atoms with Crippen LogP contribution in [0.5, 0.6) is 5.75 Å². The summed E-state index contributed by atoms with van der Waals surface area (Å²) >= 11 is 0. The molecule has 27 heavy (non-hydrogen) atoms. The van der Waals surface area contributed by atoms with Gasteiger partial charge in [0.25, 0.3) is 0 Å². The van der Waals surface area contributed by atoms with Gasteiger partial charge in [0.1, 0.15) is 5.75 Å². The Morgan fingerprint density at radius 3 is 2.67 bits per heavy atom. The number of phenols is 1. The first-order valence-corrected chi connectivity index (χ1v) is 9.24. The van der Waals surface area contributed by atoms with E-state index >= 15 is 0 Å². The molecule has 2 N–H and O–H groups in total. The van der Waals surface area contributed by atoms with Gasteiger partial charge in [-0.3, -0.25) is 0 Å². The molecule has 4 rings (SSSR count). The maximum Gasteiger partial charge on any atom is 0.115 e. The lowest BCUT2D eigenvalue weighted by Crippen LogP contribution is -2.43. The molecular formula is C22H24N2O3. The standard InChI is InChI=1S/C22H24N2O3/c25-16-22-15-24(10-11-27-22)20-8-9-23(14-20)19-3-1-2-18(13-19)12-17-4-6-21(26)7-5-17/h1-9,13-14,22,25-26H,10-12,15-16H2/t22-/m0/s1. The second-order valence-electron chi connectivity index (χ2n) is 6.91. The summed E-state index contributed by atoms with van der Waals surface area (Å²) in [6, 6.07) is 17.9. The van der Waals surface area contributed by atoms with Crippen molar-refractivity contribution in [3.05, 3.63) is 78.1 Å². The molecule has 1 fully saturated rings. The summed E-state index contributed by atoms with van der Waals surface area (Å²) in [6.45, 7) is 2.23. The number of aromatic nitrogens is 1. The molecule has 2 heterocycles. The number of hydrogen-bond acceptors (Lipinski definition) is 4. The van der Waals surface area contributed by atoms with Gasteiger partial charge in [-0.25, -0.2) is 0 Å². The summed E-state index contributed by atoms with van der Waals surface area (Å²) in [5.74, 6) is 0.291. The van der Waals surface area contributed by atoms with Crippen molar-refractivity contribution in [2.75, 3.05) is 31.2 Å². The maximum absolute atomic E-state index is 9.43. The normalized spacial score (nSPS) is 17.2. The molecule has 0 radical (unpaired) electrons. The Hall–Kier alpha value is -2.76. The van der Waals surface area contributed by atoms with Crippen LogP contribution >= 0.6 is 0 Å². The number of rotatable bonds is 5. The number of aliphatic hydroxyl groups excluding tert-OH is 1. The molecule has 5 heteroatoms. The van der Waals surface area contributed by atoms with Crippen molar-refractivity contribution in [2.45, 2.75) is 12.5 Å². The molecule has 2 aromatic carbocycles.